The number of piperazine rings is 1. The third kappa shape index (κ3) is 8.69. The third-order valence-corrected chi connectivity index (χ3v) is 5.16. The molecule has 7 nitrogen and oxygen atoms in total. The highest BCUT2D eigenvalue weighted by Crippen LogP contribution is 2.06. The van der Waals surface area contributed by atoms with E-state index in [1.54, 1.807) is 0 Å². The zero-order valence-electron chi connectivity index (χ0n) is 16.9. The van der Waals surface area contributed by atoms with Crippen LogP contribution in [-0.4, -0.2) is 112 Å². The zero-order chi connectivity index (χ0) is 17.9. The van der Waals surface area contributed by atoms with Gasteiger partial charge in [0.05, 0.1) is 19.8 Å². The topological polar surface area (TPSA) is 55.4 Å². The first-order chi connectivity index (χ1) is 12.2. The molecule has 0 spiro atoms. The minimum absolute atomic E-state index is 0. The molecular formula is C18H39IN6O. The van der Waals surface area contributed by atoms with Crippen LogP contribution in [0.5, 0.6) is 0 Å². The van der Waals surface area contributed by atoms with Gasteiger partial charge >= 0.3 is 0 Å². The number of hydrogen-bond acceptors (Lipinski definition) is 5. The molecule has 0 aliphatic carbocycles. The van der Waals surface area contributed by atoms with Gasteiger partial charge in [0, 0.05) is 64.9 Å². The third-order valence-electron chi connectivity index (χ3n) is 5.16. The van der Waals surface area contributed by atoms with E-state index in [0.717, 1.165) is 78.1 Å². The van der Waals surface area contributed by atoms with Crippen LogP contribution in [-0.2, 0) is 4.74 Å². The molecule has 1 unspecified atom stereocenters. The van der Waals surface area contributed by atoms with E-state index in [-0.39, 0.29) is 24.0 Å². The number of halogens is 1. The molecule has 2 aliphatic rings. The predicted octanol–water partition coefficient (Wildman–Crippen LogP) is 0.518. The number of nitrogens with zero attached hydrogens (tertiary/aromatic N) is 4. The molecule has 0 amide bonds. The first-order valence-corrected chi connectivity index (χ1v) is 10.0. The number of ether oxygens (including phenoxy) is 1. The van der Waals surface area contributed by atoms with Crippen LogP contribution in [0.3, 0.4) is 0 Å². The van der Waals surface area contributed by atoms with Crippen LogP contribution < -0.4 is 10.6 Å². The first-order valence-electron chi connectivity index (χ1n) is 10.0. The number of hydrogen-bond donors (Lipinski definition) is 2. The van der Waals surface area contributed by atoms with E-state index < -0.39 is 0 Å². The summed E-state index contributed by atoms with van der Waals surface area (Å²) in [5, 5.41) is 6.84. The average molecular weight is 482 g/mol. The Bertz CT molecular complexity index is 384. The normalized spacial score (nSPS) is 21.9. The maximum atomic E-state index is 5.40. The van der Waals surface area contributed by atoms with Gasteiger partial charge in [-0.25, -0.2) is 0 Å². The summed E-state index contributed by atoms with van der Waals surface area (Å²) < 4.78 is 5.40. The summed E-state index contributed by atoms with van der Waals surface area (Å²) in [4.78, 5) is 12.3. The molecule has 0 radical (unpaired) electrons. The molecule has 2 aliphatic heterocycles. The molecule has 0 aromatic carbocycles. The summed E-state index contributed by atoms with van der Waals surface area (Å²) in [5.41, 5.74) is 0. The lowest BCUT2D eigenvalue weighted by Crippen LogP contribution is -2.50. The maximum Gasteiger partial charge on any atom is 0.191 e. The molecule has 2 saturated heterocycles. The van der Waals surface area contributed by atoms with Crippen molar-refractivity contribution in [3.8, 4) is 0 Å². The van der Waals surface area contributed by atoms with Crippen molar-refractivity contribution >= 4 is 29.9 Å². The summed E-state index contributed by atoms with van der Waals surface area (Å²) in [7, 11) is 0. The van der Waals surface area contributed by atoms with E-state index in [1.807, 2.05) is 0 Å². The number of rotatable bonds is 8. The molecule has 26 heavy (non-hydrogen) atoms. The Balaban J connectivity index is 0.00000338. The number of morpholine rings is 1. The molecule has 154 valence electrons. The van der Waals surface area contributed by atoms with Crippen LogP contribution >= 0.6 is 24.0 Å². The van der Waals surface area contributed by atoms with Gasteiger partial charge in [-0.15, -0.1) is 24.0 Å². The lowest BCUT2D eigenvalue weighted by molar-refractivity contribution is 0.0389. The Morgan fingerprint density at radius 1 is 1.00 bits per heavy atom. The highest BCUT2D eigenvalue weighted by Gasteiger charge is 2.19. The number of aliphatic imine (C=N–C) groups is 1. The fourth-order valence-electron chi connectivity index (χ4n) is 3.36. The molecule has 1 atom stereocenters. The second kappa shape index (κ2) is 13.9. The second-order valence-corrected chi connectivity index (χ2v) is 6.92. The molecule has 0 saturated carbocycles. The molecule has 2 N–H and O–H groups in total. The molecule has 0 aromatic rings. The molecular weight excluding hydrogens is 443 g/mol. The summed E-state index contributed by atoms with van der Waals surface area (Å²) in [6.07, 6.45) is 0. The SMILES string of the molecule is CCNC(=NCC(C)N1CCN(CC)CC1)NCCN1CCOCC1.I. The number of likely N-dealkylation sites (N-methyl/N-ethyl adjacent to an activating group) is 1. The van der Waals surface area contributed by atoms with E-state index in [0.29, 0.717) is 6.04 Å². The van der Waals surface area contributed by atoms with Gasteiger partial charge < -0.3 is 20.3 Å². The van der Waals surface area contributed by atoms with Gasteiger partial charge in [0.2, 0.25) is 0 Å². The van der Waals surface area contributed by atoms with Crippen molar-refractivity contribution in [1.29, 1.82) is 0 Å². The van der Waals surface area contributed by atoms with Gasteiger partial charge in [0.1, 0.15) is 0 Å². The van der Waals surface area contributed by atoms with E-state index in [4.69, 9.17) is 9.73 Å². The van der Waals surface area contributed by atoms with E-state index in [9.17, 15) is 0 Å². The molecule has 8 heteroatoms. The first kappa shape index (κ1) is 23.9. The van der Waals surface area contributed by atoms with Crippen molar-refractivity contribution in [2.24, 2.45) is 4.99 Å². The summed E-state index contributed by atoms with van der Waals surface area (Å²) in [6, 6.07) is 0.494. The minimum atomic E-state index is 0. The molecule has 0 aromatic heterocycles. The Morgan fingerprint density at radius 3 is 2.31 bits per heavy atom. The summed E-state index contributed by atoms with van der Waals surface area (Å²) in [5.74, 6) is 0.940. The van der Waals surface area contributed by atoms with Gasteiger partial charge in [-0.1, -0.05) is 6.92 Å². The smallest absolute Gasteiger partial charge is 0.191 e. The lowest BCUT2D eigenvalue weighted by atomic mass is 10.2. The molecule has 0 bridgehead atoms. The lowest BCUT2D eigenvalue weighted by Gasteiger charge is -2.37. The molecule has 2 fully saturated rings. The van der Waals surface area contributed by atoms with Crippen LogP contribution in [0.1, 0.15) is 20.8 Å². The zero-order valence-corrected chi connectivity index (χ0v) is 19.2. The van der Waals surface area contributed by atoms with E-state index in [2.05, 4.69) is 46.1 Å². The summed E-state index contributed by atoms with van der Waals surface area (Å²) in [6.45, 7) is 20.0. The van der Waals surface area contributed by atoms with Gasteiger partial charge in [-0.3, -0.25) is 14.8 Å². The van der Waals surface area contributed by atoms with Crippen molar-refractivity contribution in [2.75, 3.05) is 85.2 Å². The van der Waals surface area contributed by atoms with Crippen LogP contribution in [0.2, 0.25) is 0 Å². The summed E-state index contributed by atoms with van der Waals surface area (Å²) >= 11 is 0. The van der Waals surface area contributed by atoms with E-state index in [1.165, 1.54) is 13.1 Å². The van der Waals surface area contributed by atoms with Gasteiger partial charge in [-0.2, -0.15) is 0 Å². The molecule has 2 heterocycles. The number of nitrogens with one attached hydrogen (secondary N) is 2. The Morgan fingerprint density at radius 2 is 1.69 bits per heavy atom. The van der Waals surface area contributed by atoms with Crippen LogP contribution in [0, 0.1) is 0 Å². The van der Waals surface area contributed by atoms with Crippen molar-refractivity contribution in [3.05, 3.63) is 0 Å². The van der Waals surface area contributed by atoms with Crippen LogP contribution in [0.15, 0.2) is 4.99 Å². The fraction of sp³-hybridized carbons (Fsp3) is 0.944. The van der Waals surface area contributed by atoms with Crippen LogP contribution in [0.25, 0.3) is 0 Å². The maximum absolute atomic E-state index is 5.40. The predicted molar refractivity (Wildman–Crippen MR) is 120 cm³/mol. The van der Waals surface area contributed by atoms with Gasteiger partial charge in [0.15, 0.2) is 5.96 Å². The van der Waals surface area contributed by atoms with E-state index >= 15 is 0 Å². The largest absolute Gasteiger partial charge is 0.379 e. The van der Waals surface area contributed by atoms with Crippen molar-refractivity contribution in [3.63, 3.8) is 0 Å². The monoisotopic (exact) mass is 482 g/mol. The quantitative estimate of drug-likeness (QED) is 0.299. The fourth-order valence-corrected chi connectivity index (χ4v) is 3.36. The van der Waals surface area contributed by atoms with Crippen LogP contribution in [0.4, 0.5) is 0 Å². The standard InChI is InChI=1S/C18H38N6O.HI/c1-4-19-18(20-6-7-23-12-14-25-15-13-23)21-16-17(3)24-10-8-22(5-2)9-11-24;/h17H,4-16H2,1-3H3,(H2,19,20,21);1H. The number of guanidine groups is 1. The highest BCUT2D eigenvalue weighted by molar-refractivity contribution is 14.0. The Hall–Kier alpha value is -0.160. The van der Waals surface area contributed by atoms with Crippen molar-refractivity contribution < 1.29 is 4.74 Å². The average Bonchev–Trinajstić information content (AvgIpc) is 2.66. The Labute approximate surface area is 176 Å². The van der Waals surface area contributed by atoms with Gasteiger partial charge in [0.25, 0.3) is 0 Å². The van der Waals surface area contributed by atoms with Crippen molar-refractivity contribution in [1.82, 2.24) is 25.3 Å². The van der Waals surface area contributed by atoms with Gasteiger partial charge in [-0.05, 0) is 20.4 Å². The van der Waals surface area contributed by atoms with Crippen molar-refractivity contribution in [2.45, 2.75) is 26.8 Å². The molecule has 2 rings (SSSR count). The minimum Gasteiger partial charge on any atom is -0.379 e. The second-order valence-electron chi connectivity index (χ2n) is 6.92. The Kier molecular flexibility index (Phi) is 12.8. The highest BCUT2D eigenvalue weighted by atomic mass is 127.